The Labute approximate surface area is 95.6 Å². The molecule has 84 valence electrons. The molecule has 0 bridgehead atoms. The van der Waals surface area contributed by atoms with Crippen LogP contribution in [-0.4, -0.2) is 12.7 Å². The monoisotopic (exact) mass is 217 g/mol. The van der Waals surface area contributed by atoms with Gasteiger partial charge in [0.25, 0.3) is 0 Å². The lowest BCUT2D eigenvalue weighted by Gasteiger charge is -2.08. The Morgan fingerprint density at radius 3 is 2.62 bits per heavy atom. The maximum atomic E-state index is 8.77. The molecule has 16 heavy (non-hydrogen) atoms. The molecule has 1 fully saturated rings. The Hall–Kier alpha value is -1.53. The molecule has 1 aromatic carbocycles. The Bertz CT molecular complexity index is 407. The van der Waals surface area contributed by atoms with Crippen molar-refractivity contribution in [3.05, 3.63) is 29.8 Å². The molecular formula is C13H15NO2. The van der Waals surface area contributed by atoms with Crippen molar-refractivity contribution in [2.45, 2.75) is 32.0 Å². The molecule has 1 aromatic rings. The second-order valence-electron chi connectivity index (χ2n) is 4.11. The first-order chi connectivity index (χ1) is 7.70. The summed E-state index contributed by atoms with van der Waals surface area (Å²) in [7, 11) is 0. The normalized spacial score (nSPS) is 27.2. The van der Waals surface area contributed by atoms with E-state index in [0.29, 0.717) is 0 Å². The molecule has 2 unspecified atom stereocenters. The molecule has 0 radical (unpaired) electrons. The fourth-order valence-corrected chi connectivity index (χ4v) is 1.68. The minimum Gasteiger partial charge on any atom is -0.494 e. The van der Waals surface area contributed by atoms with Crippen LogP contribution >= 0.6 is 0 Å². The van der Waals surface area contributed by atoms with Crippen molar-refractivity contribution in [2.75, 3.05) is 6.61 Å². The highest BCUT2D eigenvalue weighted by Gasteiger charge is 2.54. The predicted molar refractivity (Wildman–Crippen MR) is 60.1 cm³/mol. The average molecular weight is 217 g/mol. The maximum absolute atomic E-state index is 8.77. The predicted octanol–water partition coefficient (Wildman–Crippen LogP) is 2.61. The van der Waals surface area contributed by atoms with E-state index in [-0.39, 0.29) is 6.10 Å². The molecule has 2 atom stereocenters. The van der Waals surface area contributed by atoms with E-state index in [0.717, 1.165) is 24.3 Å². The first-order valence-corrected chi connectivity index (χ1v) is 5.51. The van der Waals surface area contributed by atoms with Crippen LogP contribution in [0.2, 0.25) is 0 Å². The molecular weight excluding hydrogens is 202 g/mol. The number of epoxide rings is 1. The first kappa shape index (κ1) is 11.0. The quantitative estimate of drug-likeness (QED) is 0.728. The molecule has 0 N–H and O–H groups in total. The van der Waals surface area contributed by atoms with E-state index in [9.17, 15) is 0 Å². The molecule has 0 amide bonds. The lowest BCUT2D eigenvalue weighted by atomic mass is 9.98. The van der Waals surface area contributed by atoms with Crippen molar-refractivity contribution in [3.63, 3.8) is 0 Å². The van der Waals surface area contributed by atoms with Gasteiger partial charge in [0.1, 0.15) is 11.4 Å². The standard InChI is InChI=1S/C13H15NO2/c1-3-8-15-11-6-4-10(5-7-11)13(2)12(9-14)16-13/h4-7,12H,3,8H2,1-2H3. The van der Waals surface area contributed by atoms with Gasteiger partial charge in [0.15, 0.2) is 6.10 Å². The number of ether oxygens (including phenoxy) is 2. The SMILES string of the molecule is CCCOc1ccc(C2(C)OC2C#N)cc1. The van der Waals surface area contributed by atoms with Crippen LogP contribution in [0.3, 0.4) is 0 Å². The molecule has 1 aliphatic rings. The first-order valence-electron chi connectivity index (χ1n) is 5.51. The zero-order valence-corrected chi connectivity index (χ0v) is 9.56. The van der Waals surface area contributed by atoms with Crippen LogP contribution in [0, 0.1) is 11.3 Å². The molecule has 0 spiro atoms. The largest absolute Gasteiger partial charge is 0.494 e. The van der Waals surface area contributed by atoms with E-state index >= 15 is 0 Å². The summed E-state index contributed by atoms with van der Waals surface area (Å²) in [6.45, 7) is 4.74. The van der Waals surface area contributed by atoms with E-state index < -0.39 is 5.60 Å². The van der Waals surface area contributed by atoms with Gasteiger partial charge in [-0.15, -0.1) is 0 Å². The van der Waals surface area contributed by atoms with Crippen LogP contribution in [0.25, 0.3) is 0 Å². The smallest absolute Gasteiger partial charge is 0.178 e. The molecule has 1 saturated heterocycles. The average Bonchev–Trinajstić information content (AvgIpc) is 3.00. The summed E-state index contributed by atoms with van der Waals surface area (Å²) in [5.41, 5.74) is 0.612. The van der Waals surface area contributed by atoms with Crippen LogP contribution in [0.15, 0.2) is 24.3 Å². The van der Waals surface area contributed by atoms with Gasteiger partial charge in [-0.3, -0.25) is 0 Å². The third kappa shape index (κ3) is 1.89. The van der Waals surface area contributed by atoms with Crippen LogP contribution < -0.4 is 4.74 Å². The highest BCUT2D eigenvalue weighted by atomic mass is 16.6. The van der Waals surface area contributed by atoms with E-state index in [4.69, 9.17) is 14.7 Å². The summed E-state index contributed by atoms with van der Waals surface area (Å²) >= 11 is 0. The zero-order valence-electron chi connectivity index (χ0n) is 9.56. The van der Waals surface area contributed by atoms with Crippen LogP contribution in [0.1, 0.15) is 25.8 Å². The van der Waals surface area contributed by atoms with Crippen molar-refractivity contribution in [1.29, 1.82) is 5.26 Å². The number of rotatable bonds is 4. The van der Waals surface area contributed by atoms with Gasteiger partial charge in [-0.25, -0.2) is 0 Å². The lowest BCUT2D eigenvalue weighted by molar-refractivity contribution is 0.313. The summed E-state index contributed by atoms with van der Waals surface area (Å²) < 4.78 is 10.8. The van der Waals surface area contributed by atoms with Crippen molar-refractivity contribution in [1.82, 2.24) is 0 Å². The Balaban J connectivity index is 2.06. The maximum Gasteiger partial charge on any atom is 0.178 e. The molecule has 2 rings (SSSR count). The number of hydrogen-bond acceptors (Lipinski definition) is 3. The molecule has 0 aliphatic carbocycles. The molecule has 0 aromatic heterocycles. The van der Waals surface area contributed by atoms with Crippen LogP contribution in [0.5, 0.6) is 5.75 Å². The van der Waals surface area contributed by atoms with Gasteiger partial charge in [0.2, 0.25) is 0 Å². The van der Waals surface area contributed by atoms with Gasteiger partial charge in [0, 0.05) is 0 Å². The summed E-state index contributed by atoms with van der Waals surface area (Å²) in [4.78, 5) is 0. The Kier molecular flexibility index (Phi) is 2.84. The van der Waals surface area contributed by atoms with E-state index in [1.165, 1.54) is 0 Å². The van der Waals surface area contributed by atoms with Gasteiger partial charge in [0.05, 0.1) is 12.7 Å². The minimum absolute atomic E-state index is 0.310. The Morgan fingerprint density at radius 2 is 2.12 bits per heavy atom. The molecule has 1 aliphatic heterocycles. The fourth-order valence-electron chi connectivity index (χ4n) is 1.68. The number of hydrogen-bond donors (Lipinski definition) is 0. The molecule has 3 heteroatoms. The molecule has 1 heterocycles. The summed E-state index contributed by atoms with van der Waals surface area (Å²) in [5.74, 6) is 0.864. The third-order valence-corrected chi connectivity index (χ3v) is 2.82. The van der Waals surface area contributed by atoms with Crippen molar-refractivity contribution in [2.24, 2.45) is 0 Å². The van der Waals surface area contributed by atoms with E-state index in [1.54, 1.807) is 0 Å². The second kappa shape index (κ2) is 4.15. The Morgan fingerprint density at radius 1 is 1.44 bits per heavy atom. The second-order valence-corrected chi connectivity index (χ2v) is 4.11. The number of nitrogens with zero attached hydrogens (tertiary/aromatic N) is 1. The summed E-state index contributed by atoms with van der Waals surface area (Å²) in [6, 6.07) is 9.89. The van der Waals surface area contributed by atoms with E-state index in [1.807, 2.05) is 31.2 Å². The van der Waals surface area contributed by atoms with Gasteiger partial charge in [-0.2, -0.15) is 5.26 Å². The summed E-state index contributed by atoms with van der Waals surface area (Å²) in [5, 5.41) is 8.77. The van der Waals surface area contributed by atoms with Gasteiger partial charge in [-0.05, 0) is 31.0 Å². The highest BCUT2D eigenvalue weighted by Crippen LogP contribution is 2.45. The summed E-state index contributed by atoms with van der Waals surface area (Å²) in [6.07, 6.45) is 0.689. The van der Waals surface area contributed by atoms with Crippen molar-refractivity contribution in [3.8, 4) is 11.8 Å². The van der Waals surface area contributed by atoms with Gasteiger partial charge in [-0.1, -0.05) is 19.1 Å². The van der Waals surface area contributed by atoms with Crippen molar-refractivity contribution < 1.29 is 9.47 Å². The number of nitriles is 1. The van der Waals surface area contributed by atoms with Crippen LogP contribution in [-0.2, 0) is 10.3 Å². The van der Waals surface area contributed by atoms with Gasteiger partial charge < -0.3 is 9.47 Å². The van der Waals surface area contributed by atoms with Crippen molar-refractivity contribution >= 4 is 0 Å². The molecule has 0 saturated carbocycles. The fraction of sp³-hybridized carbons (Fsp3) is 0.462. The molecule has 3 nitrogen and oxygen atoms in total. The third-order valence-electron chi connectivity index (χ3n) is 2.82. The minimum atomic E-state index is -0.419. The highest BCUT2D eigenvalue weighted by molar-refractivity contribution is 5.36. The lowest BCUT2D eigenvalue weighted by Crippen LogP contribution is -2.06. The van der Waals surface area contributed by atoms with Gasteiger partial charge >= 0.3 is 0 Å². The topological polar surface area (TPSA) is 45.5 Å². The zero-order chi connectivity index (χ0) is 11.6. The van der Waals surface area contributed by atoms with Crippen LogP contribution in [0.4, 0.5) is 0 Å². The van der Waals surface area contributed by atoms with E-state index in [2.05, 4.69) is 13.0 Å². The number of benzene rings is 1.